The largest absolute Gasteiger partial charge is 0.462 e. The van der Waals surface area contributed by atoms with Gasteiger partial charge in [-0.05, 0) is 77.0 Å². The van der Waals surface area contributed by atoms with E-state index in [0.717, 1.165) is 83.5 Å². The van der Waals surface area contributed by atoms with Gasteiger partial charge in [0.1, 0.15) is 13.2 Å². The standard InChI is InChI=1S/C61H110O6/c1-4-7-10-13-16-19-21-23-24-25-26-27-28-29-30-31-32-33-34-35-36-38-39-42-45-48-51-54-60(63)66-57-58(56-65-59(62)53-50-47-44-41-18-15-12-9-6-3)67-61(64)55-52-49-46-43-40-37-22-20-17-14-11-8-5-2/h8,11,17,20,25-26,37,40,58H,4-7,9-10,12-16,18-19,21-24,27-36,38-39,41-57H2,1-3H3/b11-8-,20-17-,26-25-,40-37-. The smallest absolute Gasteiger partial charge is 0.306 e. The fraction of sp³-hybridized carbons (Fsp3) is 0.820. The molecule has 0 fully saturated rings. The molecule has 0 rings (SSSR count). The molecular weight excluding hydrogens is 829 g/mol. The molecule has 0 saturated heterocycles. The lowest BCUT2D eigenvalue weighted by Crippen LogP contribution is -2.30. The molecular formula is C61H110O6. The van der Waals surface area contributed by atoms with Crippen LogP contribution in [-0.2, 0) is 28.6 Å². The van der Waals surface area contributed by atoms with Crippen molar-refractivity contribution in [3.63, 3.8) is 0 Å². The average molecular weight is 940 g/mol. The van der Waals surface area contributed by atoms with Gasteiger partial charge in [-0.3, -0.25) is 14.4 Å². The Hall–Kier alpha value is -2.63. The lowest BCUT2D eigenvalue weighted by molar-refractivity contribution is -0.167. The maximum absolute atomic E-state index is 12.8. The Morgan fingerprint density at radius 2 is 0.582 bits per heavy atom. The third kappa shape index (κ3) is 54.2. The predicted octanol–water partition coefficient (Wildman–Crippen LogP) is 19.4. The molecule has 0 spiro atoms. The summed E-state index contributed by atoms with van der Waals surface area (Å²) >= 11 is 0. The van der Waals surface area contributed by atoms with Gasteiger partial charge >= 0.3 is 17.9 Å². The molecule has 0 aliphatic carbocycles. The van der Waals surface area contributed by atoms with Gasteiger partial charge in [0.05, 0.1) is 0 Å². The van der Waals surface area contributed by atoms with Crippen molar-refractivity contribution in [2.45, 2.75) is 309 Å². The zero-order chi connectivity index (χ0) is 48.6. The van der Waals surface area contributed by atoms with Crippen LogP contribution in [0, 0.1) is 0 Å². The number of esters is 3. The highest BCUT2D eigenvalue weighted by molar-refractivity contribution is 5.71. The Bertz CT molecular complexity index is 1170. The van der Waals surface area contributed by atoms with Gasteiger partial charge in [0.15, 0.2) is 6.10 Å². The summed E-state index contributed by atoms with van der Waals surface area (Å²) in [7, 11) is 0. The average Bonchev–Trinajstić information content (AvgIpc) is 3.33. The SMILES string of the molecule is CC/C=C\C/C=C\C/C=C\CCCCCC(=O)OC(COC(=O)CCCCCCCCCCC)COC(=O)CCCCCCCCCCCCCCCCC/C=C\CCCCCCCCCC. The monoisotopic (exact) mass is 939 g/mol. The van der Waals surface area contributed by atoms with Gasteiger partial charge < -0.3 is 14.2 Å². The zero-order valence-corrected chi connectivity index (χ0v) is 44.7. The summed E-state index contributed by atoms with van der Waals surface area (Å²) in [5, 5.41) is 0. The van der Waals surface area contributed by atoms with Crippen molar-refractivity contribution in [3.8, 4) is 0 Å². The summed E-state index contributed by atoms with van der Waals surface area (Å²) in [6.07, 6.45) is 68.5. The molecule has 0 aliphatic heterocycles. The second-order valence-electron chi connectivity index (χ2n) is 19.5. The molecule has 0 heterocycles. The molecule has 0 bridgehead atoms. The fourth-order valence-electron chi connectivity index (χ4n) is 8.45. The van der Waals surface area contributed by atoms with Crippen LogP contribution in [0.1, 0.15) is 303 Å². The number of allylic oxidation sites excluding steroid dienone is 8. The van der Waals surface area contributed by atoms with Gasteiger partial charge in [-0.15, -0.1) is 0 Å². The molecule has 390 valence electrons. The third-order valence-corrected chi connectivity index (χ3v) is 12.8. The first-order valence-corrected chi connectivity index (χ1v) is 29.1. The lowest BCUT2D eigenvalue weighted by Gasteiger charge is -2.18. The molecule has 0 N–H and O–H groups in total. The van der Waals surface area contributed by atoms with Crippen LogP contribution in [-0.4, -0.2) is 37.2 Å². The molecule has 0 aromatic rings. The number of hydrogen-bond acceptors (Lipinski definition) is 6. The molecule has 1 unspecified atom stereocenters. The number of rotatable bonds is 53. The summed E-state index contributed by atoms with van der Waals surface area (Å²) in [5.41, 5.74) is 0. The zero-order valence-electron chi connectivity index (χ0n) is 44.7. The number of ether oxygens (including phenoxy) is 3. The van der Waals surface area contributed by atoms with Crippen molar-refractivity contribution in [2.24, 2.45) is 0 Å². The van der Waals surface area contributed by atoms with E-state index in [1.165, 1.54) is 180 Å². The van der Waals surface area contributed by atoms with Crippen molar-refractivity contribution >= 4 is 17.9 Å². The van der Waals surface area contributed by atoms with E-state index in [-0.39, 0.29) is 31.1 Å². The van der Waals surface area contributed by atoms with E-state index in [4.69, 9.17) is 14.2 Å². The summed E-state index contributed by atoms with van der Waals surface area (Å²) in [6.45, 7) is 6.51. The Labute approximate surface area is 416 Å². The van der Waals surface area contributed by atoms with Crippen LogP contribution in [0.3, 0.4) is 0 Å². The predicted molar refractivity (Wildman–Crippen MR) is 289 cm³/mol. The molecule has 0 amide bonds. The number of unbranched alkanes of at least 4 members (excludes halogenated alkanes) is 34. The first kappa shape index (κ1) is 64.4. The minimum absolute atomic E-state index is 0.0820. The van der Waals surface area contributed by atoms with E-state index in [9.17, 15) is 14.4 Å². The highest BCUT2D eigenvalue weighted by Gasteiger charge is 2.19. The normalized spacial score (nSPS) is 12.3. The van der Waals surface area contributed by atoms with E-state index in [1.807, 2.05) is 0 Å². The van der Waals surface area contributed by atoms with Crippen molar-refractivity contribution < 1.29 is 28.6 Å². The van der Waals surface area contributed by atoms with Crippen LogP contribution < -0.4 is 0 Å². The van der Waals surface area contributed by atoms with Gasteiger partial charge in [-0.25, -0.2) is 0 Å². The van der Waals surface area contributed by atoms with Crippen molar-refractivity contribution in [1.82, 2.24) is 0 Å². The first-order valence-electron chi connectivity index (χ1n) is 29.1. The molecule has 0 aromatic carbocycles. The Morgan fingerprint density at radius 3 is 0.940 bits per heavy atom. The second kappa shape index (κ2) is 56.0. The Morgan fingerprint density at radius 1 is 0.313 bits per heavy atom. The third-order valence-electron chi connectivity index (χ3n) is 12.8. The van der Waals surface area contributed by atoms with Gasteiger partial charge in [0.25, 0.3) is 0 Å². The maximum atomic E-state index is 12.8. The van der Waals surface area contributed by atoms with E-state index < -0.39 is 6.10 Å². The summed E-state index contributed by atoms with van der Waals surface area (Å²) in [5.74, 6) is -0.903. The van der Waals surface area contributed by atoms with E-state index >= 15 is 0 Å². The molecule has 1 atom stereocenters. The highest BCUT2D eigenvalue weighted by atomic mass is 16.6. The first-order chi connectivity index (χ1) is 33.0. The molecule has 0 saturated carbocycles. The quantitative estimate of drug-likeness (QED) is 0.0262. The van der Waals surface area contributed by atoms with E-state index in [0.29, 0.717) is 19.3 Å². The topological polar surface area (TPSA) is 78.9 Å². The minimum atomic E-state index is -0.784. The highest BCUT2D eigenvalue weighted by Crippen LogP contribution is 2.16. The van der Waals surface area contributed by atoms with Gasteiger partial charge in [-0.1, -0.05) is 256 Å². The second-order valence-corrected chi connectivity index (χ2v) is 19.5. The molecule has 0 radical (unpaired) electrons. The van der Waals surface area contributed by atoms with Gasteiger partial charge in [0, 0.05) is 19.3 Å². The molecule has 0 aromatic heterocycles. The molecule has 6 heteroatoms. The summed E-state index contributed by atoms with van der Waals surface area (Å²) in [4.78, 5) is 38.0. The minimum Gasteiger partial charge on any atom is -0.462 e. The summed E-state index contributed by atoms with van der Waals surface area (Å²) in [6, 6.07) is 0. The molecule has 6 nitrogen and oxygen atoms in total. The van der Waals surface area contributed by atoms with Crippen molar-refractivity contribution in [3.05, 3.63) is 48.6 Å². The fourth-order valence-corrected chi connectivity index (χ4v) is 8.45. The number of hydrogen-bond donors (Lipinski definition) is 0. The number of carbonyl (C=O) groups excluding carboxylic acids is 3. The van der Waals surface area contributed by atoms with Crippen LogP contribution in [0.4, 0.5) is 0 Å². The van der Waals surface area contributed by atoms with E-state index in [2.05, 4.69) is 69.4 Å². The number of carbonyl (C=O) groups is 3. The maximum Gasteiger partial charge on any atom is 0.306 e. The van der Waals surface area contributed by atoms with Gasteiger partial charge in [0.2, 0.25) is 0 Å². The molecule has 0 aliphatic rings. The van der Waals surface area contributed by atoms with Crippen LogP contribution in [0.25, 0.3) is 0 Å². The van der Waals surface area contributed by atoms with Crippen LogP contribution in [0.15, 0.2) is 48.6 Å². The van der Waals surface area contributed by atoms with Crippen molar-refractivity contribution in [1.29, 1.82) is 0 Å². The molecule has 67 heavy (non-hydrogen) atoms. The lowest BCUT2D eigenvalue weighted by atomic mass is 10.0. The van der Waals surface area contributed by atoms with Crippen molar-refractivity contribution in [2.75, 3.05) is 13.2 Å². The van der Waals surface area contributed by atoms with Crippen LogP contribution >= 0.6 is 0 Å². The van der Waals surface area contributed by atoms with Gasteiger partial charge in [-0.2, -0.15) is 0 Å². The van der Waals surface area contributed by atoms with Crippen LogP contribution in [0.2, 0.25) is 0 Å². The Balaban J connectivity index is 4.12. The van der Waals surface area contributed by atoms with Crippen LogP contribution in [0.5, 0.6) is 0 Å². The summed E-state index contributed by atoms with van der Waals surface area (Å²) < 4.78 is 16.8. The van der Waals surface area contributed by atoms with E-state index in [1.54, 1.807) is 0 Å². The Kier molecular flexibility index (Phi) is 53.8.